The van der Waals surface area contributed by atoms with Crippen molar-refractivity contribution in [1.29, 1.82) is 0 Å². The first-order valence-electron chi connectivity index (χ1n) is 10.5. The van der Waals surface area contributed by atoms with Gasteiger partial charge in [-0.25, -0.2) is 0 Å². The highest BCUT2D eigenvalue weighted by Crippen LogP contribution is 2.50. The lowest BCUT2D eigenvalue weighted by Crippen LogP contribution is -2.31. The van der Waals surface area contributed by atoms with Crippen LogP contribution in [0.3, 0.4) is 0 Å². The van der Waals surface area contributed by atoms with Gasteiger partial charge in [0.05, 0.1) is 0 Å². The SMILES string of the molecule is C=C(C)C1CCCCC2CCC1(C)CCCCCC2(C)C.CC. The quantitative estimate of drug-likeness (QED) is 0.427. The van der Waals surface area contributed by atoms with Gasteiger partial charge in [-0.05, 0) is 68.1 Å². The van der Waals surface area contributed by atoms with Gasteiger partial charge in [-0.2, -0.15) is 0 Å². The molecule has 3 unspecified atom stereocenters. The first-order chi connectivity index (χ1) is 10.9. The molecular weight excluding hydrogens is 276 g/mol. The van der Waals surface area contributed by atoms with Crippen LogP contribution >= 0.6 is 0 Å². The summed E-state index contributed by atoms with van der Waals surface area (Å²) in [6, 6.07) is 0. The van der Waals surface area contributed by atoms with E-state index in [4.69, 9.17) is 0 Å². The Morgan fingerprint density at radius 2 is 1.39 bits per heavy atom. The molecule has 0 aromatic rings. The van der Waals surface area contributed by atoms with E-state index in [1.54, 1.807) is 0 Å². The molecule has 136 valence electrons. The van der Waals surface area contributed by atoms with Crippen molar-refractivity contribution in [3.63, 3.8) is 0 Å². The topological polar surface area (TPSA) is 0 Å². The molecule has 0 aliphatic heterocycles. The van der Waals surface area contributed by atoms with E-state index in [1.807, 2.05) is 13.8 Å². The maximum Gasteiger partial charge on any atom is -0.0155 e. The van der Waals surface area contributed by atoms with E-state index in [0.29, 0.717) is 10.8 Å². The van der Waals surface area contributed by atoms with E-state index < -0.39 is 0 Å². The summed E-state index contributed by atoms with van der Waals surface area (Å²) in [5.41, 5.74) is 2.52. The molecule has 0 nitrogen and oxygen atoms in total. The molecule has 2 aliphatic rings. The molecule has 3 atom stereocenters. The van der Waals surface area contributed by atoms with E-state index >= 15 is 0 Å². The normalized spacial score (nSPS) is 35.0. The highest BCUT2D eigenvalue weighted by molar-refractivity contribution is 5.04. The molecule has 23 heavy (non-hydrogen) atoms. The second-order valence-corrected chi connectivity index (χ2v) is 9.12. The molecule has 0 saturated heterocycles. The van der Waals surface area contributed by atoms with Crippen molar-refractivity contribution in [3.8, 4) is 0 Å². The van der Waals surface area contributed by atoms with Gasteiger partial charge in [0.2, 0.25) is 0 Å². The number of allylic oxidation sites excluding steroid dienone is 1. The van der Waals surface area contributed by atoms with Crippen LogP contribution in [0, 0.1) is 22.7 Å². The number of rotatable bonds is 1. The van der Waals surface area contributed by atoms with E-state index in [2.05, 4.69) is 34.3 Å². The van der Waals surface area contributed by atoms with Crippen LogP contribution in [0.1, 0.15) is 112 Å². The van der Waals surface area contributed by atoms with Gasteiger partial charge in [-0.3, -0.25) is 0 Å². The van der Waals surface area contributed by atoms with Crippen molar-refractivity contribution >= 4 is 0 Å². The Bertz CT molecular complexity index is 351. The van der Waals surface area contributed by atoms with Crippen molar-refractivity contribution in [2.75, 3.05) is 0 Å². The summed E-state index contributed by atoms with van der Waals surface area (Å²) in [7, 11) is 0. The van der Waals surface area contributed by atoms with E-state index in [9.17, 15) is 0 Å². The Morgan fingerprint density at radius 3 is 2.04 bits per heavy atom. The van der Waals surface area contributed by atoms with Gasteiger partial charge < -0.3 is 0 Å². The third-order valence-corrected chi connectivity index (χ3v) is 6.97. The Labute approximate surface area is 147 Å². The largest absolute Gasteiger partial charge is 0.0998 e. The summed E-state index contributed by atoms with van der Waals surface area (Å²) in [5.74, 6) is 1.71. The van der Waals surface area contributed by atoms with Gasteiger partial charge in [0.25, 0.3) is 0 Å². The lowest BCUT2D eigenvalue weighted by molar-refractivity contribution is 0.107. The molecule has 0 spiro atoms. The summed E-state index contributed by atoms with van der Waals surface area (Å²) >= 11 is 0. The highest BCUT2D eigenvalue weighted by Gasteiger charge is 2.38. The molecule has 0 heterocycles. The standard InChI is InChI=1S/C21H38.C2H6/c1-17(2)19-12-8-7-11-18-13-16-21(19,5)15-10-6-9-14-20(18,3)4;1-2/h18-19H,1,6-16H2,2-5H3;1-2H3. The predicted molar refractivity (Wildman–Crippen MR) is 106 cm³/mol. The molecule has 0 heteroatoms. The average Bonchev–Trinajstić information content (AvgIpc) is 2.58. The van der Waals surface area contributed by atoms with Crippen molar-refractivity contribution in [3.05, 3.63) is 12.2 Å². The minimum atomic E-state index is 0.516. The van der Waals surface area contributed by atoms with Crippen LogP contribution in [0.5, 0.6) is 0 Å². The van der Waals surface area contributed by atoms with Gasteiger partial charge in [0.1, 0.15) is 0 Å². The maximum absolute atomic E-state index is 4.37. The third-order valence-electron chi connectivity index (χ3n) is 6.97. The van der Waals surface area contributed by atoms with Gasteiger partial charge in [-0.15, -0.1) is 0 Å². The zero-order valence-electron chi connectivity index (χ0n) is 17.1. The molecular formula is C23H44. The van der Waals surface area contributed by atoms with Crippen LogP contribution in [-0.4, -0.2) is 0 Å². The lowest BCUT2D eigenvalue weighted by Gasteiger charge is -2.42. The smallest absolute Gasteiger partial charge is 0.0155 e. The molecule has 2 fully saturated rings. The first kappa shape index (κ1) is 20.8. The van der Waals surface area contributed by atoms with E-state index in [1.165, 1.54) is 76.2 Å². The Kier molecular flexibility index (Phi) is 8.39. The highest BCUT2D eigenvalue weighted by atomic mass is 14.4. The molecule has 0 N–H and O–H groups in total. The van der Waals surface area contributed by atoms with Gasteiger partial charge >= 0.3 is 0 Å². The van der Waals surface area contributed by atoms with Crippen LogP contribution < -0.4 is 0 Å². The van der Waals surface area contributed by atoms with Gasteiger partial charge in [-0.1, -0.05) is 78.9 Å². The van der Waals surface area contributed by atoms with Crippen molar-refractivity contribution in [1.82, 2.24) is 0 Å². The fraction of sp³-hybridized carbons (Fsp3) is 0.913. The molecule has 2 rings (SSSR count). The predicted octanol–water partition coefficient (Wildman–Crippen LogP) is 8.17. The summed E-state index contributed by atoms with van der Waals surface area (Å²) in [4.78, 5) is 0. The zero-order chi connectivity index (χ0) is 17.5. The average molecular weight is 321 g/mol. The van der Waals surface area contributed by atoms with Crippen molar-refractivity contribution in [2.24, 2.45) is 22.7 Å². The third kappa shape index (κ3) is 5.64. The fourth-order valence-electron chi connectivity index (χ4n) is 5.32. The second-order valence-electron chi connectivity index (χ2n) is 9.12. The molecule has 0 aromatic heterocycles. The molecule has 2 saturated carbocycles. The van der Waals surface area contributed by atoms with E-state index in [0.717, 1.165) is 11.8 Å². The van der Waals surface area contributed by atoms with Crippen LogP contribution in [0.25, 0.3) is 0 Å². The lowest BCUT2D eigenvalue weighted by atomic mass is 9.63. The summed E-state index contributed by atoms with van der Waals surface area (Å²) in [5, 5.41) is 0. The molecule has 0 aromatic carbocycles. The van der Waals surface area contributed by atoms with Crippen molar-refractivity contribution in [2.45, 2.75) is 112 Å². The van der Waals surface area contributed by atoms with Gasteiger partial charge in [0.15, 0.2) is 0 Å². The minimum Gasteiger partial charge on any atom is -0.0998 e. The molecule has 2 aliphatic carbocycles. The second kappa shape index (κ2) is 9.28. The van der Waals surface area contributed by atoms with Gasteiger partial charge in [0, 0.05) is 0 Å². The summed E-state index contributed by atoms with van der Waals surface area (Å²) in [6.45, 7) is 18.3. The molecule has 2 bridgehead atoms. The Balaban J connectivity index is 0.00000127. The van der Waals surface area contributed by atoms with Crippen molar-refractivity contribution < 1.29 is 0 Å². The van der Waals surface area contributed by atoms with Crippen LogP contribution in [-0.2, 0) is 0 Å². The van der Waals surface area contributed by atoms with Crippen LogP contribution in [0.4, 0.5) is 0 Å². The fourth-order valence-corrected chi connectivity index (χ4v) is 5.32. The summed E-state index contributed by atoms with van der Waals surface area (Å²) < 4.78 is 0. The maximum atomic E-state index is 4.37. The number of hydrogen-bond acceptors (Lipinski definition) is 0. The van der Waals surface area contributed by atoms with Crippen LogP contribution in [0.2, 0.25) is 0 Å². The minimum absolute atomic E-state index is 0.516. The number of hydrogen-bond donors (Lipinski definition) is 0. The molecule has 0 radical (unpaired) electrons. The Hall–Kier alpha value is -0.260. The molecule has 0 amide bonds. The Morgan fingerprint density at radius 1 is 0.783 bits per heavy atom. The zero-order valence-corrected chi connectivity index (χ0v) is 17.1. The summed E-state index contributed by atoms with van der Waals surface area (Å²) in [6.07, 6.45) is 15.8. The van der Waals surface area contributed by atoms with E-state index in [-0.39, 0.29) is 0 Å². The monoisotopic (exact) mass is 320 g/mol. The number of fused-ring (bicyclic) bond motifs is 3. The van der Waals surface area contributed by atoms with Crippen LogP contribution in [0.15, 0.2) is 12.2 Å². The first-order valence-corrected chi connectivity index (χ1v) is 10.5.